The average Bonchev–Trinajstić information content (AvgIpc) is 2.30. The second kappa shape index (κ2) is 5.25. The van der Waals surface area contributed by atoms with Gasteiger partial charge in [-0.25, -0.2) is 17.2 Å². The van der Waals surface area contributed by atoms with Crippen molar-refractivity contribution in [3.05, 3.63) is 29.3 Å². The molecule has 1 aromatic rings. The Balaban J connectivity index is 2.38. The highest BCUT2D eigenvalue weighted by Crippen LogP contribution is 2.29. The summed E-state index contributed by atoms with van der Waals surface area (Å²) in [6.07, 6.45) is 0. The smallest absolute Gasteiger partial charge is 0.154 e. The Morgan fingerprint density at radius 2 is 1.95 bits per heavy atom. The predicted octanol–water partition coefficient (Wildman–Crippen LogP) is 2.33. The van der Waals surface area contributed by atoms with E-state index in [0.29, 0.717) is 5.56 Å². The van der Waals surface area contributed by atoms with Crippen molar-refractivity contribution in [1.82, 2.24) is 0 Å². The molecular formula is C12H14ClF2NO2S. The van der Waals surface area contributed by atoms with Crippen LogP contribution < -0.4 is 4.90 Å². The lowest BCUT2D eigenvalue weighted by molar-refractivity contribution is 0.538. The van der Waals surface area contributed by atoms with Crippen LogP contribution in [0.2, 0.25) is 0 Å². The molecule has 0 bridgehead atoms. The first-order valence-corrected chi connectivity index (χ1v) is 8.20. The van der Waals surface area contributed by atoms with Gasteiger partial charge in [0, 0.05) is 18.5 Å². The standard InChI is InChI=1S/C12H14ClF2NO2S/c1-8-7-19(17,18)3-2-16(8)12-10(14)4-9(6-13)5-11(12)15/h4-5,8H,2-3,6-7H2,1H3. The van der Waals surface area contributed by atoms with Gasteiger partial charge in [-0.1, -0.05) is 0 Å². The molecule has 1 aliphatic heterocycles. The van der Waals surface area contributed by atoms with Gasteiger partial charge in [0.15, 0.2) is 9.84 Å². The number of hydrogen-bond acceptors (Lipinski definition) is 3. The van der Waals surface area contributed by atoms with Gasteiger partial charge in [0.2, 0.25) is 0 Å². The summed E-state index contributed by atoms with van der Waals surface area (Å²) in [5.41, 5.74) is 0.189. The second-order valence-electron chi connectivity index (χ2n) is 4.70. The summed E-state index contributed by atoms with van der Waals surface area (Å²) in [6, 6.07) is 1.91. The normalized spacial score (nSPS) is 22.5. The summed E-state index contributed by atoms with van der Waals surface area (Å²) in [7, 11) is -3.12. The van der Waals surface area contributed by atoms with Crippen LogP contribution in [-0.4, -0.2) is 32.5 Å². The van der Waals surface area contributed by atoms with Crippen molar-refractivity contribution < 1.29 is 17.2 Å². The van der Waals surface area contributed by atoms with Crippen LogP contribution in [0.15, 0.2) is 12.1 Å². The van der Waals surface area contributed by atoms with E-state index in [0.717, 1.165) is 0 Å². The van der Waals surface area contributed by atoms with Crippen molar-refractivity contribution in [3.8, 4) is 0 Å². The Kier molecular flexibility index (Phi) is 4.01. The Morgan fingerprint density at radius 1 is 1.37 bits per heavy atom. The molecule has 0 radical (unpaired) electrons. The fourth-order valence-corrected chi connectivity index (χ4v) is 4.01. The van der Waals surface area contributed by atoms with Crippen LogP contribution in [0, 0.1) is 11.6 Å². The van der Waals surface area contributed by atoms with Crippen molar-refractivity contribution in [2.45, 2.75) is 18.8 Å². The molecular weight excluding hydrogens is 296 g/mol. The lowest BCUT2D eigenvalue weighted by atomic mass is 10.1. The minimum absolute atomic E-state index is 0.0258. The maximum Gasteiger partial charge on any atom is 0.154 e. The van der Waals surface area contributed by atoms with Gasteiger partial charge in [-0.15, -0.1) is 11.6 Å². The van der Waals surface area contributed by atoms with Gasteiger partial charge < -0.3 is 4.90 Å². The SMILES string of the molecule is CC1CS(=O)(=O)CCN1c1c(F)cc(CCl)cc1F. The molecule has 106 valence electrons. The highest BCUT2D eigenvalue weighted by Gasteiger charge is 2.31. The molecule has 1 saturated heterocycles. The van der Waals surface area contributed by atoms with Crippen molar-refractivity contribution >= 4 is 27.1 Å². The molecule has 0 spiro atoms. The maximum absolute atomic E-state index is 14.0. The van der Waals surface area contributed by atoms with E-state index < -0.39 is 27.5 Å². The number of nitrogens with zero attached hydrogens (tertiary/aromatic N) is 1. The molecule has 0 aromatic heterocycles. The number of rotatable bonds is 2. The van der Waals surface area contributed by atoms with Crippen LogP contribution in [0.5, 0.6) is 0 Å². The van der Waals surface area contributed by atoms with E-state index in [4.69, 9.17) is 11.6 Å². The third-order valence-electron chi connectivity index (χ3n) is 3.19. The highest BCUT2D eigenvalue weighted by molar-refractivity contribution is 7.91. The first-order valence-electron chi connectivity index (χ1n) is 5.85. The van der Waals surface area contributed by atoms with Crippen molar-refractivity contribution in [1.29, 1.82) is 0 Å². The van der Waals surface area contributed by atoms with Crippen LogP contribution in [0.3, 0.4) is 0 Å². The number of benzene rings is 1. The Bertz CT molecular complexity index is 568. The zero-order valence-corrected chi connectivity index (χ0v) is 11.9. The minimum Gasteiger partial charge on any atom is -0.362 e. The Labute approximate surface area is 116 Å². The highest BCUT2D eigenvalue weighted by atomic mass is 35.5. The molecule has 3 nitrogen and oxygen atoms in total. The molecule has 1 aromatic carbocycles. The van der Waals surface area contributed by atoms with Crippen LogP contribution >= 0.6 is 11.6 Å². The quantitative estimate of drug-likeness (QED) is 0.787. The molecule has 1 heterocycles. The fraction of sp³-hybridized carbons (Fsp3) is 0.500. The number of anilines is 1. The molecule has 0 saturated carbocycles. The molecule has 19 heavy (non-hydrogen) atoms. The van der Waals surface area contributed by atoms with Gasteiger partial charge in [0.25, 0.3) is 0 Å². The van der Waals surface area contributed by atoms with Crippen LogP contribution in [0.1, 0.15) is 12.5 Å². The summed E-state index contributed by atoms with van der Waals surface area (Å²) < 4.78 is 50.9. The first-order chi connectivity index (χ1) is 8.84. The zero-order valence-electron chi connectivity index (χ0n) is 10.4. The third kappa shape index (κ3) is 3.00. The van der Waals surface area contributed by atoms with Gasteiger partial charge in [0.05, 0.1) is 11.5 Å². The Morgan fingerprint density at radius 3 is 2.42 bits per heavy atom. The number of sulfone groups is 1. The number of hydrogen-bond donors (Lipinski definition) is 0. The Hall–Kier alpha value is -0.880. The van der Waals surface area contributed by atoms with Gasteiger partial charge in [-0.05, 0) is 24.6 Å². The molecule has 1 unspecified atom stereocenters. The summed E-state index contributed by atoms with van der Waals surface area (Å²) >= 11 is 5.55. The van der Waals surface area contributed by atoms with Crippen molar-refractivity contribution in [2.75, 3.05) is 23.0 Å². The predicted molar refractivity (Wildman–Crippen MR) is 71.4 cm³/mol. The molecule has 2 rings (SSSR count). The van der Waals surface area contributed by atoms with E-state index in [9.17, 15) is 17.2 Å². The molecule has 0 amide bonds. The average molecular weight is 310 g/mol. The van der Waals surface area contributed by atoms with Crippen molar-refractivity contribution in [2.24, 2.45) is 0 Å². The maximum atomic E-state index is 14.0. The largest absolute Gasteiger partial charge is 0.362 e. The zero-order chi connectivity index (χ0) is 14.2. The summed E-state index contributed by atoms with van der Waals surface area (Å²) in [5.74, 6) is -1.57. The lowest BCUT2D eigenvalue weighted by Gasteiger charge is -2.35. The van der Waals surface area contributed by atoms with Crippen LogP contribution in [0.4, 0.5) is 14.5 Å². The summed E-state index contributed by atoms with van der Waals surface area (Å²) in [4.78, 5) is 1.46. The molecule has 0 N–H and O–H groups in total. The van der Waals surface area contributed by atoms with Crippen molar-refractivity contribution in [3.63, 3.8) is 0 Å². The fourth-order valence-electron chi connectivity index (χ4n) is 2.30. The molecule has 7 heteroatoms. The van der Waals surface area contributed by atoms with Gasteiger partial charge in [-0.2, -0.15) is 0 Å². The van der Waals surface area contributed by atoms with E-state index in [1.807, 2.05) is 0 Å². The van der Waals surface area contributed by atoms with Gasteiger partial charge in [0.1, 0.15) is 17.3 Å². The van der Waals surface area contributed by atoms with Crippen LogP contribution in [-0.2, 0) is 15.7 Å². The summed E-state index contributed by atoms with van der Waals surface area (Å²) in [5, 5.41) is 0. The second-order valence-corrected chi connectivity index (χ2v) is 7.19. The summed E-state index contributed by atoms with van der Waals surface area (Å²) in [6.45, 7) is 1.74. The van der Waals surface area contributed by atoms with E-state index in [2.05, 4.69) is 0 Å². The van der Waals surface area contributed by atoms with E-state index in [1.54, 1.807) is 6.92 Å². The molecule has 1 atom stereocenters. The van der Waals surface area contributed by atoms with E-state index in [-0.39, 0.29) is 29.6 Å². The van der Waals surface area contributed by atoms with Crippen LogP contribution in [0.25, 0.3) is 0 Å². The number of halogens is 3. The topological polar surface area (TPSA) is 37.4 Å². The number of alkyl halides is 1. The molecule has 0 aliphatic carbocycles. The minimum atomic E-state index is -3.12. The third-order valence-corrected chi connectivity index (χ3v) is 5.29. The lowest BCUT2D eigenvalue weighted by Crippen LogP contribution is -2.47. The molecule has 1 fully saturated rings. The van der Waals surface area contributed by atoms with Gasteiger partial charge in [-0.3, -0.25) is 0 Å². The molecule has 1 aliphatic rings. The first kappa shape index (κ1) is 14.5. The van der Waals surface area contributed by atoms with E-state index in [1.165, 1.54) is 17.0 Å². The monoisotopic (exact) mass is 309 g/mol. The van der Waals surface area contributed by atoms with Gasteiger partial charge >= 0.3 is 0 Å². The van der Waals surface area contributed by atoms with E-state index >= 15 is 0 Å².